The summed E-state index contributed by atoms with van der Waals surface area (Å²) in [5, 5.41) is 19.5. The van der Waals surface area contributed by atoms with E-state index in [1.54, 1.807) is 79.8 Å². The van der Waals surface area contributed by atoms with E-state index in [2.05, 4.69) is 168 Å². The SMILES string of the molecule is CC(C)(C)[Si](C)(C)Cl.CC(C)(C)[Si](C)(C)OCN.CC(C)(C)[Si](C)(C)OCN=Cc1ccc2c(c1)OCO2.COc1cc2c(cc1OC)[C@@H](C(=O)O)C(c1ccc3c(c1)OCO3)N(CO[Si](C)(C)C(C)(C)C)C2=O.COc1cc2c3c(n(C)c(=O)c2cc1OC)-c1cc2c(cc1C3=O)OCO2.NCO.O=Cc1ccc2c(c1)OCO2.O=S(Cl)Cl. The molecule has 654 valence electrons. The van der Waals surface area contributed by atoms with Crippen molar-refractivity contribution in [2.45, 2.75) is 168 Å². The number of carbonyl (C=O) groups excluding carboxylic acids is 3. The Morgan fingerprint density at radius 2 is 0.941 bits per heavy atom. The monoisotopic (exact) mass is 1800 g/mol. The van der Waals surface area contributed by atoms with Crippen LogP contribution in [0.2, 0.25) is 72.5 Å². The van der Waals surface area contributed by atoms with E-state index in [1.807, 2.05) is 24.4 Å². The fourth-order valence-corrected chi connectivity index (χ4v) is 13.7. The number of aliphatic imine (C=N–C) groups is 1. The Labute approximate surface area is 717 Å². The molecule has 0 saturated heterocycles. The smallest absolute Gasteiger partial charge is 0.313 e. The predicted octanol–water partition coefficient (Wildman–Crippen LogP) is 17.4. The second-order valence-electron chi connectivity index (χ2n) is 33.7. The number of aldehydes is 1. The Morgan fingerprint density at radius 3 is 1.37 bits per heavy atom. The summed E-state index contributed by atoms with van der Waals surface area (Å²) in [5.41, 5.74) is 14.5. The van der Waals surface area contributed by atoms with Gasteiger partial charge in [-0.05, 0) is 161 Å². The van der Waals surface area contributed by atoms with Gasteiger partial charge in [0.1, 0.15) is 25.7 Å². The third-order valence-electron chi connectivity index (χ3n) is 22.1. The number of nitrogens with zero attached hydrogens (tertiary/aromatic N) is 3. The summed E-state index contributed by atoms with van der Waals surface area (Å²) in [4.78, 5) is 69.2. The van der Waals surface area contributed by atoms with Gasteiger partial charge in [0.05, 0.1) is 64.6 Å². The molecule has 119 heavy (non-hydrogen) atoms. The summed E-state index contributed by atoms with van der Waals surface area (Å²) in [5.74, 6) is 4.03. The zero-order valence-electron chi connectivity index (χ0n) is 72.6. The Hall–Kier alpha value is -8.27. The summed E-state index contributed by atoms with van der Waals surface area (Å²) >= 11 is 6.15. The van der Waals surface area contributed by atoms with Crippen molar-refractivity contribution in [1.29, 1.82) is 0 Å². The van der Waals surface area contributed by atoms with Gasteiger partial charge in [-0.3, -0.25) is 29.0 Å². The van der Waals surface area contributed by atoms with Crippen LogP contribution in [0, 0.1) is 0 Å². The zero-order valence-corrected chi connectivity index (χ0v) is 79.7. The molecule has 0 fully saturated rings. The molecule has 0 radical (unpaired) electrons. The highest BCUT2D eigenvalue weighted by Crippen LogP contribution is 2.51. The van der Waals surface area contributed by atoms with Gasteiger partial charge in [-0.15, -0.1) is 0 Å². The molecular weight excluding hydrogens is 1690 g/mol. The van der Waals surface area contributed by atoms with Crippen LogP contribution in [0.4, 0.5) is 0 Å². The summed E-state index contributed by atoms with van der Waals surface area (Å²) in [6.07, 6.45) is 2.59. The molecule has 7 aromatic rings. The molecular formula is C83H116Cl3N5O23SSi4. The molecule has 6 heterocycles. The lowest BCUT2D eigenvalue weighted by Crippen LogP contribution is -2.50. The molecule has 0 spiro atoms. The number of fused-ring (bicyclic) bond motifs is 10. The maximum absolute atomic E-state index is 14.0. The van der Waals surface area contributed by atoms with Crippen molar-refractivity contribution in [3.63, 3.8) is 0 Å². The fourth-order valence-electron chi connectivity index (χ4n) is 11.1. The topological polar surface area (TPSA) is 354 Å². The number of aliphatic hydroxyl groups is 1. The number of benzene rings is 6. The van der Waals surface area contributed by atoms with Gasteiger partial charge < -0.3 is 101 Å². The number of carboxylic acid groups (broad SMARTS) is 1. The normalized spacial score (nSPS) is 15.2. The number of ether oxygens (including phenoxy) is 12. The Balaban J connectivity index is 0.000000234. The molecule has 5 aliphatic heterocycles. The van der Waals surface area contributed by atoms with Gasteiger partial charge in [-0.1, -0.05) is 102 Å². The summed E-state index contributed by atoms with van der Waals surface area (Å²) < 4.78 is 92.6. The van der Waals surface area contributed by atoms with E-state index in [0.717, 1.165) is 23.3 Å². The average Bonchev–Trinajstić information content (AvgIpc) is 1.59. The van der Waals surface area contributed by atoms with Crippen LogP contribution < -0.4 is 73.9 Å². The van der Waals surface area contributed by atoms with Crippen molar-refractivity contribution in [2.75, 3.05) is 82.5 Å². The van der Waals surface area contributed by atoms with Gasteiger partial charge in [0, 0.05) is 62.3 Å². The number of methoxy groups -OCH3 is 4. The molecule has 6 N–H and O–H groups in total. The molecule has 6 aromatic carbocycles. The molecule has 1 amide bonds. The molecule has 0 saturated carbocycles. The quantitative estimate of drug-likeness (QED) is 0.0174. The Kier molecular flexibility index (Phi) is 34.7. The third kappa shape index (κ3) is 24.8. The van der Waals surface area contributed by atoms with E-state index >= 15 is 0 Å². The molecule has 6 aliphatic rings. The second-order valence-corrected chi connectivity index (χ2v) is 58.0. The van der Waals surface area contributed by atoms with Crippen molar-refractivity contribution in [3.05, 3.63) is 140 Å². The minimum atomic E-state index is -2.27. The summed E-state index contributed by atoms with van der Waals surface area (Å²) in [6, 6.07) is 25.1. The lowest BCUT2D eigenvalue weighted by molar-refractivity contribution is -0.141. The van der Waals surface area contributed by atoms with Gasteiger partial charge in [0.15, 0.2) is 107 Å². The highest BCUT2D eigenvalue weighted by molar-refractivity contribution is 8.26. The molecule has 2 atom stereocenters. The first-order valence-electron chi connectivity index (χ1n) is 37.9. The largest absolute Gasteiger partial charge is 0.493 e. The van der Waals surface area contributed by atoms with Crippen LogP contribution in [0.1, 0.15) is 148 Å². The number of ketones is 1. The number of nitrogens with two attached hydrogens (primary N) is 2. The Morgan fingerprint density at radius 1 is 0.555 bits per heavy atom. The van der Waals surface area contributed by atoms with E-state index in [4.69, 9.17) is 96.2 Å². The number of amides is 1. The summed E-state index contributed by atoms with van der Waals surface area (Å²) in [6.45, 7) is 44.8. The van der Waals surface area contributed by atoms with Crippen molar-refractivity contribution >= 4 is 115 Å². The number of carboxylic acids is 1. The van der Waals surface area contributed by atoms with Crippen LogP contribution in [0.5, 0.6) is 69.0 Å². The molecule has 1 aliphatic carbocycles. The van der Waals surface area contributed by atoms with Crippen LogP contribution in [0.25, 0.3) is 22.0 Å². The van der Waals surface area contributed by atoms with Gasteiger partial charge in [0.2, 0.25) is 36.4 Å². The number of aromatic nitrogens is 1. The standard InChI is InChI=1S/C26H33NO8Si.C20H15NO6.C15H23NO3Si.C8H6O3.C7H19NOSi.C6H15ClSi.CH5NO.Cl2OS/c1-26(2,3)36(6,7)35-13-27-23(15-8-9-18-21(10-15)34-14-33-18)22(25(29)30)16-11-19(31-4)20(32-5)12-17(16)24(27)28;1-21-18-10-5-15-16(27-8-26-15)6-11(10)19(22)17(18)9-4-13(24-2)14(25-3)7-12(9)20(21)23;1-15(2,3)20(4,5)19-10-16-9-12-6-7-13-14(8-12)18-11-17-13;9-4-6-1-2-7-8(3-6)11-5-10-7;1-7(2,3)10(4,5)9-6-8;1-6(2,3)8(4,5)7;2-1-3;1-4(2)3/h8-12,22-23H,13-14H2,1-7H3,(H,29,30);4-7H,8H2,1-3H3;6-9H,10-11H2,1-5H3;1-4H,5H2;6,8H2,1-5H3;1-5H3;3H,1-2H2;/t22-,23?;;;;;;;/m1......./s1. The molecule has 1 unspecified atom stereocenters. The van der Waals surface area contributed by atoms with E-state index in [9.17, 15) is 29.1 Å². The van der Waals surface area contributed by atoms with E-state index in [0.29, 0.717) is 133 Å². The maximum atomic E-state index is 14.0. The first-order valence-corrected chi connectivity index (χ1v) is 53.5. The van der Waals surface area contributed by atoms with Gasteiger partial charge in [-0.25, -0.2) is 4.21 Å². The van der Waals surface area contributed by atoms with E-state index in [1.165, 1.54) is 37.9 Å². The number of halogens is 3. The Bertz CT molecular complexity index is 4850. The van der Waals surface area contributed by atoms with E-state index in [-0.39, 0.29) is 71.8 Å². The van der Waals surface area contributed by atoms with Crippen molar-refractivity contribution in [1.82, 2.24) is 9.47 Å². The van der Waals surface area contributed by atoms with Crippen LogP contribution >= 0.6 is 32.4 Å². The first-order chi connectivity index (χ1) is 55.3. The lowest BCUT2D eigenvalue weighted by Gasteiger charge is -2.44. The highest BCUT2D eigenvalue weighted by atomic mass is 36.0. The molecule has 1 aromatic heterocycles. The fraction of sp³-hybridized carbons (Fsp3) is 0.470. The van der Waals surface area contributed by atoms with Crippen LogP contribution in [0.15, 0.2) is 101 Å². The number of rotatable bonds is 16. The van der Waals surface area contributed by atoms with Crippen LogP contribution in [0.3, 0.4) is 0 Å². The summed E-state index contributed by atoms with van der Waals surface area (Å²) in [7, 11) is 8.07. The number of aliphatic carboxylic acids is 1. The minimum absolute atomic E-state index is 0.0496. The lowest BCUT2D eigenvalue weighted by atomic mass is 9.79. The number of pyridine rings is 1. The van der Waals surface area contributed by atoms with Crippen molar-refractivity contribution in [3.8, 4) is 80.3 Å². The first kappa shape index (κ1) is 99.5. The van der Waals surface area contributed by atoms with Gasteiger partial charge in [0.25, 0.3) is 11.5 Å². The van der Waals surface area contributed by atoms with Crippen LogP contribution in [-0.2, 0) is 34.3 Å². The second kappa shape index (κ2) is 41.5. The van der Waals surface area contributed by atoms with Crippen molar-refractivity contribution < 1.29 is 104 Å². The molecule has 28 nitrogen and oxygen atoms in total. The highest BCUT2D eigenvalue weighted by Gasteiger charge is 2.48. The number of aliphatic hydroxyl groups excluding tert-OH is 1. The maximum Gasteiger partial charge on any atom is 0.313 e. The molecule has 13 rings (SSSR count). The zero-order chi connectivity index (χ0) is 89.5. The van der Waals surface area contributed by atoms with E-state index < -0.39 is 59.5 Å². The number of hydrogen-bond donors (Lipinski definition) is 4. The predicted molar refractivity (Wildman–Crippen MR) is 475 cm³/mol. The number of hydrogen-bond acceptors (Lipinski definition) is 25. The number of carbonyl (C=O) groups is 4. The van der Waals surface area contributed by atoms with Gasteiger partial charge >= 0.3 is 5.97 Å². The van der Waals surface area contributed by atoms with Gasteiger partial charge in [-0.2, -0.15) is 11.1 Å². The molecule has 36 heteroatoms. The third-order valence-corrected chi connectivity index (χ3v) is 40.8. The van der Waals surface area contributed by atoms with Crippen LogP contribution in [-0.4, -0.2) is 169 Å². The van der Waals surface area contributed by atoms with Crippen molar-refractivity contribution in [2.24, 2.45) is 23.5 Å². The average molecular weight is 1800 g/mol. The minimum Gasteiger partial charge on any atom is -0.493 e. The molecule has 0 bridgehead atoms.